The molecule has 0 bridgehead atoms. The average molecular weight is 395 g/mol. The number of nitrogens with zero attached hydrogens (tertiary/aromatic N) is 3. The number of aromatic hydroxyl groups is 1. The summed E-state index contributed by atoms with van der Waals surface area (Å²) >= 11 is 0. The zero-order chi connectivity index (χ0) is 20.5. The molecule has 3 aromatic rings. The minimum atomic E-state index is -0.558. The first-order valence-electron chi connectivity index (χ1n) is 9.23. The van der Waals surface area contributed by atoms with E-state index in [2.05, 4.69) is 20.5 Å². The summed E-state index contributed by atoms with van der Waals surface area (Å²) in [6.45, 7) is 3.03. The van der Waals surface area contributed by atoms with Crippen molar-refractivity contribution in [3.63, 3.8) is 0 Å². The number of aromatic amines is 1. The number of ether oxygens (including phenoxy) is 1. The zero-order valence-corrected chi connectivity index (χ0v) is 16.1. The minimum Gasteiger partial charge on any atom is -0.508 e. The Kier molecular flexibility index (Phi) is 4.89. The number of phenols is 1. The molecule has 4 rings (SSSR count). The molecule has 150 valence electrons. The molecule has 1 aromatic carbocycles. The summed E-state index contributed by atoms with van der Waals surface area (Å²) in [7, 11) is 1.33. The Labute approximate surface area is 166 Å². The summed E-state index contributed by atoms with van der Waals surface area (Å²) in [5, 5.41) is 20.4. The van der Waals surface area contributed by atoms with Crippen molar-refractivity contribution in [2.75, 3.05) is 26.7 Å². The highest BCUT2D eigenvalue weighted by atomic mass is 16.5. The van der Waals surface area contributed by atoms with Gasteiger partial charge >= 0.3 is 5.97 Å². The highest BCUT2D eigenvalue weighted by molar-refractivity contribution is 6.07. The highest BCUT2D eigenvalue weighted by Gasteiger charge is 2.30. The maximum Gasteiger partial charge on any atom is 0.324 e. The maximum atomic E-state index is 13.4. The third kappa shape index (κ3) is 3.52. The van der Waals surface area contributed by atoms with Crippen LogP contribution in [0, 0.1) is 6.92 Å². The number of aryl methyl sites for hydroxylation is 1. The summed E-state index contributed by atoms with van der Waals surface area (Å²) in [6, 6.07) is 7.77. The molecule has 0 saturated carbocycles. The Balaban J connectivity index is 1.75. The lowest BCUT2D eigenvalue weighted by molar-refractivity contribution is -0.144. The third-order valence-electron chi connectivity index (χ3n) is 5.05. The van der Waals surface area contributed by atoms with E-state index in [1.807, 2.05) is 6.92 Å². The number of fused-ring (bicyclic) bond motifs is 1. The first kappa shape index (κ1) is 18.9. The van der Waals surface area contributed by atoms with Crippen LogP contribution < -0.4 is 5.32 Å². The number of pyridine rings is 1. The number of carbonyl (C=O) groups excluding carboxylic acids is 2. The maximum absolute atomic E-state index is 13.4. The normalized spacial score (nSPS) is 16.8. The van der Waals surface area contributed by atoms with Crippen LogP contribution in [0.15, 0.2) is 30.3 Å². The van der Waals surface area contributed by atoms with Crippen LogP contribution in [0.1, 0.15) is 16.1 Å². The van der Waals surface area contributed by atoms with Crippen LogP contribution in [-0.4, -0.2) is 69.9 Å². The van der Waals surface area contributed by atoms with Crippen LogP contribution in [0.5, 0.6) is 5.75 Å². The highest BCUT2D eigenvalue weighted by Crippen LogP contribution is 2.28. The number of hydrogen-bond acceptors (Lipinski definition) is 7. The number of amides is 1. The van der Waals surface area contributed by atoms with Crippen molar-refractivity contribution in [3.05, 3.63) is 41.6 Å². The Morgan fingerprint density at radius 3 is 2.76 bits per heavy atom. The largest absolute Gasteiger partial charge is 0.508 e. The molecule has 9 heteroatoms. The Morgan fingerprint density at radius 2 is 2.03 bits per heavy atom. The molecule has 2 aromatic heterocycles. The van der Waals surface area contributed by atoms with Crippen LogP contribution in [0.25, 0.3) is 22.3 Å². The SMILES string of the molecule is COC(=O)[C@H]1CN(C(=O)c2cc(-c3ccc(O)cc3)nc3n[nH]c(C)c23)CCN1. The number of aromatic nitrogens is 3. The number of methoxy groups -OCH3 is 1. The molecule has 3 heterocycles. The molecule has 1 aliphatic heterocycles. The molecular weight excluding hydrogens is 374 g/mol. The van der Waals surface area contributed by atoms with Crippen LogP contribution >= 0.6 is 0 Å². The van der Waals surface area contributed by atoms with E-state index in [0.29, 0.717) is 35.4 Å². The lowest BCUT2D eigenvalue weighted by Gasteiger charge is -2.32. The van der Waals surface area contributed by atoms with E-state index in [1.54, 1.807) is 35.2 Å². The van der Waals surface area contributed by atoms with Crippen LogP contribution in [0.2, 0.25) is 0 Å². The molecule has 0 spiro atoms. The van der Waals surface area contributed by atoms with E-state index in [4.69, 9.17) is 4.74 Å². The monoisotopic (exact) mass is 395 g/mol. The fraction of sp³-hybridized carbons (Fsp3) is 0.300. The molecule has 0 aliphatic carbocycles. The van der Waals surface area contributed by atoms with Crippen molar-refractivity contribution in [1.82, 2.24) is 25.4 Å². The van der Waals surface area contributed by atoms with Gasteiger partial charge in [-0.05, 0) is 37.3 Å². The fourth-order valence-corrected chi connectivity index (χ4v) is 3.53. The number of benzene rings is 1. The summed E-state index contributed by atoms with van der Waals surface area (Å²) < 4.78 is 4.80. The molecule has 1 atom stereocenters. The van der Waals surface area contributed by atoms with Gasteiger partial charge in [0, 0.05) is 30.9 Å². The number of rotatable bonds is 3. The van der Waals surface area contributed by atoms with E-state index in [-0.39, 0.29) is 18.2 Å². The van der Waals surface area contributed by atoms with Crippen LogP contribution in [-0.2, 0) is 9.53 Å². The molecule has 1 aliphatic rings. The topological polar surface area (TPSA) is 120 Å². The Bertz CT molecular complexity index is 1080. The van der Waals surface area contributed by atoms with Gasteiger partial charge in [0.1, 0.15) is 11.8 Å². The predicted molar refractivity (Wildman–Crippen MR) is 105 cm³/mol. The first-order chi connectivity index (χ1) is 14.0. The molecule has 3 N–H and O–H groups in total. The summed E-state index contributed by atoms with van der Waals surface area (Å²) in [4.78, 5) is 31.5. The molecule has 1 amide bonds. The zero-order valence-electron chi connectivity index (χ0n) is 16.1. The van der Waals surface area contributed by atoms with Gasteiger partial charge in [-0.3, -0.25) is 14.7 Å². The first-order valence-corrected chi connectivity index (χ1v) is 9.23. The number of esters is 1. The van der Waals surface area contributed by atoms with E-state index in [9.17, 15) is 14.7 Å². The van der Waals surface area contributed by atoms with Crippen molar-refractivity contribution in [1.29, 1.82) is 0 Å². The van der Waals surface area contributed by atoms with Crippen molar-refractivity contribution in [2.24, 2.45) is 0 Å². The molecule has 9 nitrogen and oxygen atoms in total. The van der Waals surface area contributed by atoms with E-state index < -0.39 is 12.0 Å². The second kappa shape index (κ2) is 7.51. The van der Waals surface area contributed by atoms with Gasteiger partial charge in [0.05, 0.1) is 23.8 Å². The van der Waals surface area contributed by atoms with Crippen LogP contribution in [0.3, 0.4) is 0 Å². The van der Waals surface area contributed by atoms with Crippen molar-refractivity contribution in [2.45, 2.75) is 13.0 Å². The lowest BCUT2D eigenvalue weighted by Crippen LogP contribution is -2.56. The number of nitrogens with one attached hydrogen (secondary N) is 2. The quantitative estimate of drug-likeness (QED) is 0.570. The fourth-order valence-electron chi connectivity index (χ4n) is 3.53. The number of H-pyrrole nitrogens is 1. The summed E-state index contributed by atoms with van der Waals surface area (Å²) in [5.41, 5.74) is 2.98. The second-order valence-corrected chi connectivity index (χ2v) is 6.93. The third-order valence-corrected chi connectivity index (χ3v) is 5.05. The summed E-state index contributed by atoms with van der Waals surface area (Å²) in [5.74, 6) is -0.444. The molecule has 0 radical (unpaired) electrons. The Hall–Kier alpha value is -3.46. The number of carbonyl (C=O) groups is 2. The van der Waals surface area contributed by atoms with Crippen molar-refractivity contribution in [3.8, 4) is 17.0 Å². The standard InChI is InChI=1S/C20H21N5O4/c1-11-17-14(19(27)25-8-7-21-16(10-25)20(28)29-2)9-15(22-18(17)24-23-11)12-3-5-13(26)6-4-12/h3-6,9,16,21,26H,7-8,10H2,1-2H3,(H,22,23,24)/t16-/m1/s1. The molecule has 1 saturated heterocycles. The minimum absolute atomic E-state index is 0.149. The lowest BCUT2D eigenvalue weighted by atomic mass is 10.0. The van der Waals surface area contributed by atoms with Gasteiger partial charge in [0.2, 0.25) is 0 Å². The van der Waals surface area contributed by atoms with Crippen molar-refractivity contribution >= 4 is 22.9 Å². The number of phenolic OH excluding ortho intramolecular Hbond substituents is 1. The van der Waals surface area contributed by atoms with Gasteiger partial charge in [-0.15, -0.1) is 0 Å². The van der Waals surface area contributed by atoms with Crippen molar-refractivity contribution < 1.29 is 19.4 Å². The van der Waals surface area contributed by atoms with Gasteiger partial charge in [-0.25, -0.2) is 4.98 Å². The van der Waals surface area contributed by atoms with Crippen LogP contribution in [0.4, 0.5) is 0 Å². The smallest absolute Gasteiger partial charge is 0.324 e. The molecular formula is C20H21N5O4. The van der Waals surface area contributed by atoms with Gasteiger partial charge in [-0.1, -0.05) is 0 Å². The van der Waals surface area contributed by atoms with Gasteiger partial charge in [0.25, 0.3) is 5.91 Å². The van der Waals surface area contributed by atoms with Gasteiger partial charge < -0.3 is 20.1 Å². The average Bonchev–Trinajstić information content (AvgIpc) is 3.13. The number of hydrogen-bond donors (Lipinski definition) is 3. The van der Waals surface area contributed by atoms with E-state index in [1.165, 1.54) is 7.11 Å². The van der Waals surface area contributed by atoms with E-state index in [0.717, 1.165) is 11.3 Å². The number of piperazine rings is 1. The van der Waals surface area contributed by atoms with Gasteiger partial charge in [-0.2, -0.15) is 5.10 Å². The predicted octanol–water partition coefficient (Wildman–Crippen LogP) is 1.23. The molecule has 29 heavy (non-hydrogen) atoms. The second-order valence-electron chi connectivity index (χ2n) is 6.93. The molecule has 1 fully saturated rings. The summed E-state index contributed by atoms with van der Waals surface area (Å²) in [6.07, 6.45) is 0. The van der Waals surface area contributed by atoms with E-state index >= 15 is 0 Å². The Morgan fingerprint density at radius 1 is 1.28 bits per heavy atom. The van der Waals surface area contributed by atoms with Gasteiger partial charge in [0.15, 0.2) is 5.65 Å². The molecule has 0 unspecified atom stereocenters.